The lowest BCUT2D eigenvalue weighted by atomic mass is 9.79. The molecule has 0 aliphatic carbocycles. The van der Waals surface area contributed by atoms with Crippen LogP contribution < -0.4 is 4.90 Å². The van der Waals surface area contributed by atoms with Crippen molar-refractivity contribution >= 4 is 15.1 Å². The van der Waals surface area contributed by atoms with Crippen LogP contribution in [0, 0.1) is 0 Å². The number of piperidine rings is 1. The monoisotopic (exact) mass is 261 g/mol. The molecule has 0 aromatic heterocycles. The molecule has 3 heteroatoms. The molecular formula is C15H23NOSi. The summed E-state index contributed by atoms with van der Waals surface area (Å²) in [5.41, 5.74) is 1.78. The Hall–Kier alpha value is -0.963. The van der Waals surface area contributed by atoms with Gasteiger partial charge in [-0.15, -0.1) is 0 Å². The lowest BCUT2D eigenvalue weighted by Gasteiger charge is -2.56. The number of hydrogen-bond donors (Lipinski definition) is 0. The van der Waals surface area contributed by atoms with E-state index in [-0.39, 0.29) is 11.1 Å². The predicted octanol–water partition coefficient (Wildman–Crippen LogP) is 3.41. The molecule has 1 fully saturated rings. The van der Waals surface area contributed by atoms with E-state index >= 15 is 0 Å². The number of anilines is 1. The molecule has 98 valence electrons. The molecule has 1 heterocycles. The number of nitrogens with zero attached hydrogens (tertiary/aromatic N) is 1. The van der Waals surface area contributed by atoms with Crippen molar-refractivity contribution in [1.82, 2.24) is 0 Å². The second-order valence-corrected chi connectivity index (χ2v) is 7.82. The van der Waals surface area contributed by atoms with Gasteiger partial charge in [-0.3, -0.25) is 0 Å². The fourth-order valence-electron chi connectivity index (χ4n) is 3.73. The van der Waals surface area contributed by atoms with Crippen LogP contribution in [0.4, 0.5) is 5.69 Å². The number of benzene rings is 1. The molecule has 1 aliphatic heterocycles. The van der Waals surface area contributed by atoms with Crippen molar-refractivity contribution in [3.8, 4) is 0 Å². The summed E-state index contributed by atoms with van der Waals surface area (Å²) in [5.74, 6) is 0. The fraction of sp³-hybridized carbons (Fsp3) is 0.600. The van der Waals surface area contributed by atoms with Crippen LogP contribution in [0.3, 0.4) is 0 Å². The lowest BCUT2D eigenvalue weighted by molar-refractivity contribution is 0.241. The summed E-state index contributed by atoms with van der Waals surface area (Å²) in [6, 6.07) is 10.6. The normalized spacial score (nSPS) is 22.8. The van der Waals surface area contributed by atoms with Gasteiger partial charge >= 0.3 is 0 Å². The minimum absolute atomic E-state index is 0.0607. The Balaban J connectivity index is 2.41. The highest BCUT2D eigenvalue weighted by Crippen LogP contribution is 2.45. The summed E-state index contributed by atoms with van der Waals surface area (Å²) in [5, 5.41) is 0. The fourth-order valence-corrected chi connectivity index (χ4v) is 5.08. The number of rotatable bonds is 2. The van der Waals surface area contributed by atoms with E-state index < -0.39 is 9.41 Å². The highest BCUT2D eigenvalue weighted by Gasteiger charge is 2.45. The first kappa shape index (κ1) is 13.5. The van der Waals surface area contributed by atoms with Gasteiger partial charge in [0.15, 0.2) is 0 Å². The summed E-state index contributed by atoms with van der Waals surface area (Å²) in [6.07, 6.45) is 2.04. The van der Waals surface area contributed by atoms with Crippen LogP contribution in [-0.2, 0) is 4.46 Å². The first-order chi connectivity index (χ1) is 8.37. The van der Waals surface area contributed by atoms with Crippen LogP contribution >= 0.6 is 0 Å². The summed E-state index contributed by atoms with van der Waals surface area (Å²) >= 11 is 0. The molecule has 1 saturated heterocycles. The molecule has 0 atom stereocenters. The van der Waals surface area contributed by atoms with E-state index in [1.807, 2.05) is 0 Å². The SMILES string of the molecule is CC1(C)CC([SiH]=O)CC(C)(C)N1c1ccccc1. The largest absolute Gasteiger partial charge is 0.392 e. The first-order valence-electron chi connectivity index (χ1n) is 6.67. The summed E-state index contributed by atoms with van der Waals surface area (Å²) < 4.78 is 11.4. The van der Waals surface area contributed by atoms with Crippen LogP contribution in [0.15, 0.2) is 30.3 Å². The Morgan fingerprint density at radius 1 is 1.06 bits per heavy atom. The van der Waals surface area contributed by atoms with Gasteiger partial charge in [0, 0.05) is 22.3 Å². The van der Waals surface area contributed by atoms with Crippen molar-refractivity contribution in [3.05, 3.63) is 30.3 Å². The second kappa shape index (κ2) is 4.61. The van der Waals surface area contributed by atoms with Crippen molar-refractivity contribution in [2.24, 2.45) is 0 Å². The summed E-state index contributed by atoms with van der Waals surface area (Å²) in [4.78, 5) is 2.51. The van der Waals surface area contributed by atoms with Gasteiger partial charge in [-0.2, -0.15) is 0 Å². The molecule has 0 bridgehead atoms. The average molecular weight is 261 g/mol. The number of hydrogen-bond acceptors (Lipinski definition) is 2. The quantitative estimate of drug-likeness (QED) is 0.760. The van der Waals surface area contributed by atoms with Gasteiger partial charge in [-0.25, -0.2) is 0 Å². The average Bonchev–Trinajstić information content (AvgIpc) is 2.27. The van der Waals surface area contributed by atoms with E-state index in [0.717, 1.165) is 12.8 Å². The minimum atomic E-state index is -0.669. The molecule has 0 saturated carbocycles. The zero-order valence-corrected chi connectivity index (χ0v) is 13.0. The Kier molecular flexibility index (Phi) is 3.45. The second-order valence-electron chi connectivity index (χ2n) is 6.60. The Morgan fingerprint density at radius 3 is 2.00 bits per heavy atom. The van der Waals surface area contributed by atoms with Crippen LogP contribution in [0.2, 0.25) is 5.54 Å². The molecule has 0 unspecified atom stereocenters. The van der Waals surface area contributed by atoms with E-state index in [0.29, 0.717) is 5.54 Å². The maximum absolute atomic E-state index is 11.4. The van der Waals surface area contributed by atoms with Gasteiger partial charge in [0.25, 0.3) is 9.41 Å². The minimum Gasteiger partial charge on any atom is -0.392 e. The molecule has 0 N–H and O–H groups in total. The van der Waals surface area contributed by atoms with Crippen molar-refractivity contribution in [3.63, 3.8) is 0 Å². The van der Waals surface area contributed by atoms with E-state index in [1.165, 1.54) is 5.69 Å². The van der Waals surface area contributed by atoms with E-state index in [1.54, 1.807) is 0 Å². The third-order valence-electron chi connectivity index (χ3n) is 3.94. The van der Waals surface area contributed by atoms with Crippen molar-refractivity contribution in [2.75, 3.05) is 4.90 Å². The maximum atomic E-state index is 11.4. The highest BCUT2D eigenvalue weighted by molar-refractivity contribution is 6.19. The smallest absolute Gasteiger partial charge is 0.264 e. The molecule has 0 amide bonds. The standard InChI is InChI=1S/C15H23NOSi/c1-14(2)10-13(18-17)11-15(3,4)16(14)12-8-6-5-7-9-12/h5-9,13,18H,10-11H2,1-4H3. The van der Waals surface area contributed by atoms with Crippen molar-refractivity contribution in [1.29, 1.82) is 0 Å². The molecule has 1 aliphatic rings. The molecule has 1 aromatic carbocycles. The van der Waals surface area contributed by atoms with Gasteiger partial charge < -0.3 is 9.36 Å². The van der Waals surface area contributed by atoms with E-state index in [9.17, 15) is 4.46 Å². The van der Waals surface area contributed by atoms with Crippen LogP contribution in [0.5, 0.6) is 0 Å². The van der Waals surface area contributed by atoms with Crippen molar-refractivity contribution in [2.45, 2.75) is 57.2 Å². The summed E-state index contributed by atoms with van der Waals surface area (Å²) in [7, 11) is -0.669. The van der Waals surface area contributed by atoms with Gasteiger partial charge in [0.05, 0.1) is 0 Å². The predicted molar refractivity (Wildman–Crippen MR) is 77.9 cm³/mol. The zero-order valence-electron chi connectivity index (χ0n) is 11.8. The summed E-state index contributed by atoms with van der Waals surface area (Å²) in [6.45, 7) is 9.07. The van der Waals surface area contributed by atoms with Crippen LogP contribution in [0.25, 0.3) is 0 Å². The lowest BCUT2D eigenvalue weighted by Crippen LogP contribution is -2.60. The topological polar surface area (TPSA) is 20.3 Å². The van der Waals surface area contributed by atoms with Crippen LogP contribution in [-0.4, -0.2) is 20.5 Å². The van der Waals surface area contributed by atoms with Gasteiger partial charge in [-0.1, -0.05) is 18.2 Å². The first-order valence-corrected chi connectivity index (χ1v) is 7.81. The molecule has 2 rings (SSSR count). The molecule has 18 heavy (non-hydrogen) atoms. The van der Waals surface area contributed by atoms with Gasteiger partial charge in [0.2, 0.25) is 0 Å². The Bertz CT molecular complexity index is 409. The third kappa shape index (κ3) is 2.41. The van der Waals surface area contributed by atoms with Crippen molar-refractivity contribution < 1.29 is 4.46 Å². The van der Waals surface area contributed by atoms with Gasteiger partial charge in [0.1, 0.15) is 0 Å². The Morgan fingerprint density at radius 2 is 1.56 bits per heavy atom. The highest BCUT2D eigenvalue weighted by atomic mass is 28.2. The van der Waals surface area contributed by atoms with Gasteiger partial charge in [-0.05, 0) is 52.7 Å². The van der Waals surface area contributed by atoms with E-state index in [4.69, 9.17) is 0 Å². The van der Waals surface area contributed by atoms with Crippen LogP contribution in [0.1, 0.15) is 40.5 Å². The molecule has 2 nitrogen and oxygen atoms in total. The molecule has 0 radical (unpaired) electrons. The maximum Gasteiger partial charge on any atom is 0.264 e. The molecular weight excluding hydrogens is 238 g/mol. The number of para-hydroxylation sites is 1. The van der Waals surface area contributed by atoms with E-state index in [2.05, 4.69) is 62.9 Å². The Labute approximate surface area is 112 Å². The third-order valence-corrected chi connectivity index (χ3v) is 4.80. The zero-order chi connectivity index (χ0) is 13.4. The molecule has 1 aromatic rings. The molecule has 0 spiro atoms.